The van der Waals surface area contributed by atoms with Gasteiger partial charge in [0, 0.05) is 31.8 Å². The van der Waals surface area contributed by atoms with Gasteiger partial charge in [-0.05, 0) is 40.4 Å². The highest BCUT2D eigenvalue weighted by molar-refractivity contribution is 5.05. The minimum absolute atomic E-state index is 0.171. The van der Waals surface area contributed by atoms with Crippen LogP contribution in [0.1, 0.15) is 26.7 Å². The van der Waals surface area contributed by atoms with Gasteiger partial charge in [-0.25, -0.2) is 0 Å². The van der Waals surface area contributed by atoms with E-state index in [0.717, 1.165) is 32.5 Å². The number of hydrogen-bond donors (Lipinski definition) is 1. The summed E-state index contributed by atoms with van der Waals surface area (Å²) in [5, 5.41) is 0. The summed E-state index contributed by atoms with van der Waals surface area (Å²) in [5.41, 5.74) is 6.19. The van der Waals surface area contributed by atoms with Gasteiger partial charge in [0.1, 0.15) is 0 Å². The highest BCUT2D eigenvalue weighted by atomic mass is 16.5. The van der Waals surface area contributed by atoms with Crippen LogP contribution < -0.4 is 5.73 Å². The van der Waals surface area contributed by atoms with Crippen molar-refractivity contribution in [3.8, 4) is 0 Å². The first-order chi connectivity index (χ1) is 7.99. The van der Waals surface area contributed by atoms with Gasteiger partial charge in [0.05, 0.1) is 6.10 Å². The largest absolute Gasteiger partial charge is 0.381 e. The molecular weight excluding hydrogens is 214 g/mol. The van der Waals surface area contributed by atoms with Gasteiger partial charge in [0.2, 0.25) is 0 Å². The Hall–Kier alpha value is -0.160. The van der Waals surface area contributed by atoms with Gasteiger partial charge in [-0.15, -0.1) is 0 Å². The molecule has 1 unspecified atom stereocenters. The topological polar surface area (TPSA) is 41.7 Å². The summed E-state index contributed by atoms with van der Waals surface area (Å²) >= 11 is 0. The smallest absolute Gasteiger partial charge is 0.0607 e. The molecule has 0 bridgehead atoms. The lowest BCUT2D eigenvalue weighted by atomic mass is 9.72. The number of methoxy groups -OCH3 is 1. The Labute approximate surface area is 106 Å². The van der Waals surface area contributed by atoms with Gasteiger partial charge in [-0.3, -0.25) is 4.90 Å². The van der Waals surface area contributed by atoms with Gasteiger partial charge in [-0.1, -0.05) is 6.92 Å². The monoisotopic (exact) mass is 243 g/mol. The standard InChI is InChI=1S/C13H29N3O/c1-6-16(11(2)9-15(3)4)13(10-14)7-12(8-13)17-5/h11-12H,6-10,14H2,1-5H3. The predicted molar refractivity (Wildman–Crippen MR) is 72.2 cm³/mol. The van der Waals surface area contributed by atoms with Gasteiger partial charge >= 0.3 is 0 Å². The predicted octanol–water partition coefficient (Wildman–Crippen LogP) is 0.765. The van der Waals surface area contributed by atoms with Crippen LogP contribution in [0.4, 0.5) is 0 Å². The van der Waals surface area contributed by atoms with Crippen LogP contribution in [0, 0.1) is 0 Å². The van der Waals surface area contributed by atoms with E-state index in [1.165, 1.54) is 0 Å². The molecule has 1 saturated carbocycles. The number of likely N-dealkylation sites (N-methyl/N-ethyl adjacent to an activating group) is 2. The Morgan fingerprint density at radius 2 is 2.00 bits per heavy atom. The fraction of sp³-hybridized carbons (Fsp3) is 1.00. The minimum atomic E-state index is 0.171. The Kier molecular flexibility index (Phi) is 5.38. The summed E-state index contributed by atoms with van der Waals surface area (Å²) in [7, 11) is 6.04. The van der Waals surface area contributed by atoms with Crippen LogP contribution in [0.15, 0.2) is 0 Å². The molecule has 102 valence electrons. The average molecular weight is 243 g/mol. The van der Waals surface area contributed by atoms with E-state index in [0.29, 0.717) is 12.1 Å². The molecule has 1 atom stereocenters. The Balaban J connectivity index is 2.65. The third-order valence-corrected chi connectivity index (χ3v) is 4.04. The van der Waals surface area contributed by atoms with Crippen LogP contribution in [0.3, 0.4) is 0 Å². The highest BCUT2D eigenvalue weighted by Gasteiger charge is 2.48. The average Bonchev–Trinajstić information content (AvgIpc) is 2.21. The molecule has 0 radical (unpaired) electrons. The summed E-state index contributed by atoms with van der Waals surface area (Å²) in [6.07, 6.45) is 2.55. The molecule has 4 nitrogen and oxygen atoms in total. The summed E-state index contributed by atoms with van der Waals surface area (Å²) in [5.74, 6) is 0. The van der Waals surface area contributed by atoms with E-state index in [1.54, 1.807) is 7.11 Å². The Morgan fingerprint density at radius 3 is 2.35 bits per heavy atom. The van der Waals surface area contributed by atoms with Crippen molar-refractivity contribution in [3.05, 3.63) is 0 Å². The number of hydrogen-bond acceptors (Lipinski definition) is 4. The fourth-order valence-electron chi connectivity index (χ4n) is 3.21. The third kappa shape index (κ3) is 3.19. The number of ether oxygens (including phenoxy) is 1. The van der Waals surface area contributed by atoms with Crippen molar-refractivity contribution in [3.63, 3.8) is 0 Å². The van der Waals surface area contributed by atoms with E-state index in [9.17, 15) is 0 Å². The van der Waals surface area contributed by atoms with Crippen molar-refractivity contribution in [1.29, 1.82) is 0 Å². The van der Waals surface area contributed by atoms with E-state index >= 15 is 0 Å². The zero-order chi connectivity index (χ0) is 13.1. The summed E-state index contributed by atoms with van der Waals surface area (Å²) < 4.78 is 5.41. The maximum absolute atomic E-state index is 6.02. The van der Waals surface area contributed by atoms with E-state index in [1.807, 2.05) is 0 Å². The van der Waals surface area contributed by atoms with Crippen LogP contribution in [0.25, 0.3) is 0 Å². The van der Waals surface area contributed by atoms with Gasteiger partial charge in [-0.2, -0.15) is 0 Å². The number of nitrogens with zero attached hydrogens (tertiary/aromatic N) is 2. The lowest BCUT2D eigenvalue weighted by Gasteiger charge is -2.55. The molecule has 0 spiro atoms. The minimum Gasteiger partial charge on any atom is -0.381 e. The molecule has 1 aliphatic rings. The van der Waals surface area contributed by atoms with Crippen LogP contribution in [-0.2, 0) is 4.74 Å². The first-order valence-corrected chi connectivity index (χ1v) is 6.63. The van der Waals surface area contributed by atoms with Crippen molar-refractivity contribution in [2.24, 2.45) is 5.73 Å². The van der Waals surface area contributed by atoms with Crippen LogP contribution in [-0.4, -0.2) is 68.3 Å². The van der Waals surface area contributed by atoms with E-state index in [-0.39, 0.29) is 5.54 Å². The lowest BCUT2D eigenvalue weighted by molar-refractivity contribution is -0.100. The van der Waals surface area contributed by atoms with E-state index < -0.39 is 0 Å². The van der Waals surface area contributed by atoms with Crippen molar-refractivity contribution >= 4 is 0 Å². The lowest BCUT2D eigenvalue weighted by Crippen LogP contribution is -2.66. The Morgan fingerprint density at radius 1 is 1.41 bits per heavy atom. The molecule has 0 aromatic carbocycles. The van der Waals surface area contributed by atoms with Crippen LogP contribution in [0.2, 0.25) is 0 Å². The van der Waals surface area contributed by atoms with Crippen molar-refractivity contribution in [2.75, 3.05) is 40.8 Å². The zero-order valence-electron chi connectivity index (χ0n) is 12.1. The van der Waals surface area contributed by atoms with Crippen LogP contribution >= 0.6 is 0 Å². The molecule has 0 heterocycles. The third-order valence-electron chi connectivity index (χ3n) is 4.04. The quantitative estimate of drug-likeness (QED) is 0.717. The zero-order valence-corrected chi connectivity index (χ0v) is 12.1. The van der Waals surface area contributed by atoms with Crippen LogP contribution in [0.5, 0.6) is 0 Å². The SMILES string of the molecule is CCN(C(C)CN(C)C)C1(CN)CC(OC)C1. The molecular formula is C13H29N3O. The highest BCUT2D eigenvalue weighted by Crippen LogP contribution is 2.39. The van der Waals surface area contributed by atoms with Crippen molar-refractivity contribution in [2.45, 2.75) is 44.4 Å². The molecule has 1 rings (SSSR count). The summed E-state index contributed by atoms with van der Waals surface area (Å²) in [6, 6.07) is 0.538. The fourth-order valence-corrected chi connectivity index (χ4v) is 3.21. The molecule has 0 aromatic rings. The molecule has 2 N–H and O–H groups in total. The summed E-state index contributed by atoms with van der Waals surface area (Å²) in [6.45, 7) is 7.39. The second-order valence-corrected chi connectivity index (χ2v) is 5.59. The molecule has 0 amide bonds. The van der Waals surface area contributed by atoms with E-state index in [2.05, 4.69) is 37.7 Å². The maximum atomic E-state index is 6.02. The van der Waals surface area contributed by atoms with Crippen molar-refractivity contribution in [1.82, 2.24) is 9.80 Å². The summed E-state index contributed by atoms with van der Waals surface area (Å²) in [4.78, 5) is 4.80. The Bertz CT molecular complexity index is 227. The first-order valence-electron chi connectivity index (χ1n) is 6.63. The first kappa shape index (κ1) is 14.9. The second kappa shape index (κ2) is 6.14. The molecule has 4 heteroatoms. The molecule has 0 aromatic heterocycles. The molecule has 0 saturated heterocycles. The van der Waals surface area contributed by atoms with E-state index in [4.69, 9.17) is 10.5 Å². The number of rotatable bonds is 7. The van der Waals surface area contributed by atoms with Gasteiger partial charge < -0.3 is 15.4 Å². The van der Waals surface area contributed by atoms with Crippen molar-refractivity contribution < 1.29 is 4.74 Å². The van der Waals surface area contributed by atoms with Gasteiger partial charge in [0.15, 0.2) is 0 Å². The molecule has 1 aliphatic carbocycles. The maximum Gasteiger partial charge on any atom is 0.0607 e. The normalized spacial score (nSPS) is 30.7. The molecule has 17 heavy (non-hydrogen) atoms. The van der Waals surface area contributed by atoms with Gasteiger partial charge in [0.25, 0.3) is 0 Å². The number of nitrogens with two attached hydrogens (primary N) is 1. The molecule has 1 fully saturated rings. The second-order valence-electron chi connectivity index (χ2n) is 5.59. The molecule has 0 aliphatic heterocycles.